The number of rotatable bonds is 8. The first-order valence-electron chi connectivity index (χ1n) is 8.26. The molecule has 136 valence electrons. The summed E-state index contributed by atoms with van der Waals surface area (Å²) >= 11 is 0. The summed E-state index contributed by atoms with van der Waals surface area (Å²) in [5.41, 5.74) is 0.483. The number of sulfone groups is 1. The third-order valence-corrected chi connectivity index (χ3v) is 5.39. The van der Waals surface area contributed by atoms with Gasteiger partial charge in [0.15, 0.2) is 11.5 Å². The normalized spacial score (nSPS) is 11.7. The van der Waals surface area contributed by atoms with Crippen molar-refractivity contribution in [2.75, 3.05) is 13.7 Å². The first-order chi connectivity index (χ1) is 12.5. The van der Waals surface area contributed by atoms with Crippen LogP contribution in [0.25, 0.3) is 6.08 Å². The summed E-state index contributed by atoms with van der Waals surface area (Å²) in [6.07, 6.45) is 3.15. The van der Waals surface area contributed by atoms with Gasteiger partial charge in [0.2, 0.25) is 9.84 Å². The number of methoxy groups -OCH3 is 1. The Kier molecular flexibility index (Phi) is 6.81. The van der Waals surface area contributed by atoms with Crippen LogP contribution in [0.2, 0.25) is 0 Å². The molecule has 0 unspecified atom stereocenters. The van der Waals surface area contributed by atoms with Crippen LogP contribution in [0.15, 0.2) is 58.3 Å². The number of hydrogen-bond donors (Lipinski definition) is 0. The van der Waals surface area contributed by atoms with Crippen molar-refractivity contribution in [3.63, 3.8) is 0 Å². The molecule has 2 aromatic rings. The SMILES string of the molecule is CCCCOc1c(/C=C(/C#N)S(=O)(=O)c2ccccc2)cccc1OC. The van der Waals surface area contributed by atoms with Crippen LogP contribution in [-0.2, 0) is 9.84 Å². The monoisotopic (exact) mass is 371 g/mol. The molecule has 0 aliphatic rings. The van der Waals surface area contributed by atoms with Crippen molar-refractivity contribution >= 4 is 15.9 Å². The second kappa shape index (κ2) is 9.07. The second-order valence-corrected chi connectivity index (χ2v) is 7.44. The fourth-order valence-electron chi connectivity index (χ4n) is 2.32. The third kappa shape index (κ3) is 4.44. The number of nitrogens with zero attached hydrogens (tertiary/aromatic N) is 1. The predicted octanol–water partition coefficient (Wildman–Crippen LogP) is 4.21. The van der Waals surface area contributed by atoms with Crippen molar-refractivity contribution in [1.29, 1.82) is 5.26 Å². The molecule has 0 atom stereocenters. The number of allylic oxidation sites excluding steroid dienone is 1. The molecule has 0 N–H and O–H groups in total. The zero-order valence-corrected chi connectivity index (χ0v) is 15.6. The molecule has 0 aliphatic heterocycles. The Morgan fingerprint density at radius 2 is 1.88 bits per heavy atom. The maximum atomic E-state index is 12.7. The first-order valence-corrected chi connectivity index (χ1v) is 9.74. The van der Waals surface area contributed by atoms with Crippen molar-refractivity contribution in [2.24, 2.45) is 0 Å². The molecule has 2 aromatic carbocycles. The molecule has 0 saturated heterocycles. The average Bonchev–Trinajstić information content (AvgIpc) is 2.67. The molecule has 0 aliphatic carbocycles. The molecule has 0 fully saturated rings. The van der Waals surface area contributed by atoms with Crippen molar-refractivity contribution < 1.29 is 17.9 Å². The van der Waals surface area contributed by atoms with Crippen LogP contribution < -0.4 is 9.47 Å². The van der Waals surface area contributed by atoms with E-state index in [0.29, 0.717) is 23.7 Å². The Hall–Kier alpha value is -2.78. The lowest BCUT2D eigenvalue weighted by molar-refractivity contribution is 0.287. The van der Waals surface area contributed by atoms with E-state index in [4.69, 9.17) is 9.47 Å². The minimum Gasteiger partial charge on any atom is -0.493 e. The van der Waals surface area contributed by atoms with Crippen molar-refractivity contribution in [3.8, 4) is 17.6 Å². The summed E-state index contributed by atoms with van der Waals surface area (Å²) in [6.45, 7) is 2.53. The maximum absolute atomic E-state index is 12.7. The van der Waals surface area contributed by atoms with Crippen LogP contribution in [0.4, 0.5) is 0 Å². The van der Waals surface area contributed by atoms with Gasteiger partial charge < -0.3 is 9.47 Å². The molecular formula is C20H21NO4S. The van der Waals surface area contributed by atoms with Gasteiger partial charge in [-0.25, -0.2) is 8.42 Å². The minimum atomic E-state index is -3.91. The van der Waals surface area contributed by atoms with Gasteiger partial charge in [-0.1, -0.05) is 43.7 Å². The fourth-order valence-corrected chi connectivity index (χ4v) is 3.49. The highest BCUT2D eigenvalue weighted by Crippen LogP contribution is 2.34. The van der Waals surface area contributed by atoms with Crippen molar-refractivity contribution in [2.45, 2.75) is 24.7 Å². The van der Waals surface area contributed by atoms with Crippen molar-refractivity contribution in [3.05, 3.63) is 59.0 Å². The zero-order chi connectivity index (χ0) is 19.0. The fraction of sp³-hybridized carbons (Fsp3) is 0.250. The molecule has 0 heterocycles. The summed E-state index contributed by atoms with van der Waals surface area (Å²) in [4.78, 5) is -0.276. The Labute approximate surface area is 154 Å². The van der Waals surface area contributed by atoms with Crippen LogP contribution in [0.3, 0.4) is 0 Å². The van der Waals surface area contributed by atoms with E-state index in [2.05, 4.69) is 0 Å². The van der Waals surface area contributed by atoms with Gasteiger partial charge in [0.25, 0.3) is 0 Å². The highest BCUT2D eigenvalue weighted by Gasteiger charge is 2.21. The van der Waals surface area contributed by atoms with Gasteiger partial charge in [-0.3, -0.25) is 0 Å². The standard InChI is InChI=1S/C20H21NO4S/c1-3-4-13-25-20-16(9-8-12-19(20)24-2)14-18(15-21)26(22,23)17-10-6-5-7-11-17/h5-12,14H,3-4,13H2,1-2H3/b18-14-. The van der Waals surface area contributed by atoms with E-state index in [9.17, 15) is 13.7 Å². The van der Waals surface area contributed by atoms with E-state index in [1.165, 1.54) is 25.3 Å². The van der Waals surface area contributed by atoms with Gasteiger partial charge >= 0.3 is 0 Å². The lowest BCUT2D eigenvalue weighted by Gasteiger charge is -2.13. The van der Waals surface area contributed by atoms with E-state index >= 15 is 0 Å². The third-order valence-electron chi connectivity index (χ3n) is 3.71. The molecule has 2 rings (SSSR count). The lowest BCUT2D eigenvalue weighted by Crippen LogP contribution is -2.04. The zero-order valence-electron chi connectivity index (χ0n) is 14.8. The Morgan fingerprint density at radius 3 is 2.50 bits per heavy atom. The second-order valence-electron chi connectivity index (χ2n) is 5.52. The highest BCUT2D eigenvalue weighted by molar-refractivity contribution is 7.95. The molecule has 0 aromatic heterocycles. The number of ether oxygens (including phenoxy) is 2. The molecule has 5 nitrogen and oxygen atoms in total. The van der Waals surface area contributed by atoms with Gasteiger partial charge in [-0.2, -0.15) is 5.26 Å². The van der Waals surface area contributed by atoms with Gasteiger partial charge in [0, 0.05) is 5.56 Å². The molecule has 0 amide bonds. The molecule has 0 saturated carbocycles. The van der Waals surface area contributed by atoms with Crippen molar-refractivity contribution in [1.82, 2.24) is 0 Å². The topological polar surface area (TPSA) is 76.4 Å². The summed E-state index contributed by atoms with van der Waals surface area (Å²) in [6, 6.07) is 14.8. The number of hydrogen-bond acceptors (Lipinski definition) is 5. The van der Waals surface area contributed by atoms with Gasteiger partial charge in [0.05, 0.1) is 18.6 Å². The minimum absolute atomic E-state index is 0.0733. The molecule has 26 heavy (non-hydrogen) atoms. The van der Waals surface area contributed by atoms with Gasteiger partial charge in [-0.15, -0.1) is 0 Å². The summed E-state index contributed by atoms with van der Waals surface area (Å²) < 4.78 is 36.6. The van der Waals surface area contributed by atoms with Gasteiger partial charge in [0.1, 0.15) is 11.0 Å². The number of nitriles is 1. The highest BCUT2D eigenvalue weighted by atomic mass is 32.2. The molecule has 0 spiro atoms. The largest absolute Gasteiger partial charge is 0.493 e. The van der Waals surface area contributed by atoms with Crippen LogP contribution in [0.5, 0.6) is 11.5 Å². The van der Waals surface area contributed by atoms with Crippen LogP contribution in [0, 0.1) is 11.3 Å². The predicted molar refractivity (Wildman–Crippen MR) is 101 cm³/mol. The summed E-state index contributed by atoms with van der Waals surface area (Å²) in [7, 11) is -2.39. The summed E-state index contributed by atoms with van der Waals surface area (Å²) in [5.74, 6) is 0.920. The Morgan fingerprint density at radius 1 is 1.15 bits per heavy atom. The van der Waals surface area contributed by atoms with Crippen LogP contribution in [-0.4, -0.2) is 22.1 Å². The number of unbranched alkanes of at least 4 members (excludes halogenated alkanes) is 1. The molecule has 0 radical (unpaired) electrons. The van der Waals surface area contributed by atoms with E-state index in [0.717, 1.165) is 12.8 Å². The van der Waals surface area contributed by atoms with Crippen LogP contribution >= 0.6 is 0 Å². The van der Waals surface area contributed by atoms with E-state index in [1.807, 2.05) is 6.92 Å². The van der Waals surface area contributed by atoms with Gasteiger partial charge in [-0.05, 0) is 30.7 Å². The Bertz CT molecular complexity index is 913. The first kappa shape index (κ1) is 19.5. The maximum Gasteiger partial charge on any atom is 0.216 e. The Balaban J connectivity index is 2.51. The van der Waals surface area contributed by atoms with E-state index in [1.54, 1.807) is 42.5 Å². The molecule has 0 bridgehead atoms. The summed E-state index contributed by atoms with van der Waals surface area (Å²) in [5, 5.41) is 9.45. The smallest absolute Gasteiger partial charge is 0.216 e. The quantitative estimate of drug-likeness (QED) is 0.513. The van der Waals surface area contributed by atoms with E-state index < -0.39 is 9.84 Å². The average molecular weight is 371 g/mol. The van der Waals surface area contributed by atoms with E-state index in [-0.39, 0.29) is 9.80 Å². The lowest BCUT2D eigenvalue weighted by atomic mass is 10.1. The van der Waals surface area contributed by atoms with Crippen LogP contribution in [0.1, 0.15) is 25.3 Å². The molecule has 6 heteroatoms. The number of benzene rings is 2. The number of para-hydroxylation sites is 1. The molecular weight excluding hydrogens is 350 g/mol.